The number of aryl methyl sites for hydroxylation is 1. The van der Waals surface area contributed by atoms with Crippen molar-refractivity contribution in [2.24, 2.45) is 0 Å². The van der Waals surface area contributed by atoms with Crippen LogP contribution in [-0.2, 0) is 11.2 Å². The molecule has 0 N–H and O–H groups in total. The summed E-state index contributed by atoms with van der Waals surface area (Å²) in [7, 11) is 0. The highest BCUT2D eigenvalue weighted by Gasteiger charge is 2.06. The Hall–Kier alpha value is -1.96. The molecule has 2 rings (SSSR count). The van der Waals surface area contributed by atoms with E-state index in [9.17, 15) is 4.79 Å². The zero-order chi connectivity index (χ0) is 11.4. The van der Waals surface area contributed by atoms with Crippen molar-refractivity contribution in [1.82, 2.24) is 4.98 Å². The molecule has 0 bridgehead atoms. The average Bonchev–Trinajstić information content (AvgIpc) is 2.31. The summed E-state index contributed by atoms with van der Waals surface area (Å²) in [5.74, 6) is 0. The molecule has 1 heterocycles. The van der Waals surface area contributed by atoms with Crippen molar-refractivity contribution in [2.45, 2.75) is 13.3 Å². The molecule has 1 aromatic carbocycles. The van der Waals surface area contributed by atoms with Gasteiger partial charge in [-0.3, -0.25) is 4.98 Å². The van der Waals surface area contributed by atoms with Crippen LogP contribution < -0.4 is 0 Å². The molecule has 0 atom stereocenters. The number of hydrogen-bond acceptors (Lipinski definition) is 2. The Kier molecular flexibility index (Phi) is 3.10. The van der Waals surface area contributed by atoms with E-state index in [0.29, 0.717) is 6.42 Å². The van der Waals surface area contributed by atoms with Crippen molar-refractivity contribution in [3.8, 4) is 11.1 Å². The third-order valence-electron chi connectivity index (χ3n) is 2.63. The molecule has 16 heavy (non-hydrogen) atoms. The quantitative estimate of drug-likeness (QED) is 0.731. The van der Waals surface area contributed by atoms with Gasteiger partial charge in [0.1, 0.15) is 6.29 Å². The number of hydrogen-bond donors (Lipinski definition) is 0. The standard InChI is InChI=1S/C14H13NO/c1-11-3-2-4-12(7-10-16)14(11)13-5-8-15-9-6-13/h2-6,8-10H,7H2,1H3. The van der Waals surface area contributed by atoms with Gasteiger partial charge in [-0.1, -0.05) is 18.2 Å². The molecule has 0 aliphatic rings. The Labute approximate surface area is 95.0 Å². The summed E-state index contributed by atoms with van der Waals surface area (Å²) in [6.45, 7) is 2.06. The molecule has 0 spiro atoms. The van der Waals surface area contributed by atoms with Gasteiger partial charge in [-0.05, 0) is 41.3 Å². The zero-order valence-electron chi connectivity index (χ0n) is 9.18. The molecule has 0 saturated carbocycles. The van der Waals surface area contributed by atoms with Gasteiger partial charge in [0.25, 0.3) is 0 Å². The van der Waals surface area contributed by atoms with E-state index in [1.54, 1.807) is 12.4 Å². The largest absolute Gasteiger partial charge is 0.303 e. The molecule has 80 valence electrons. The van der Waals surface area contributed by atoms with Crippen molar-refractivity contribution < 1.29 is 4.79 Å². The molecular formula is C14H13NO. The van der Waals surface area contributed by atoms with Crippen LogP contribution in [0.4, 0.5) is 0 Å². The van der Waals surface area contributed by atoms with Gasteiger partial charge < -0.3 is 4.79 Å². The topological polar surface area (TPSA) is 30.0 Å². The molecule has 2 heteroatoms. The minimum atomic E-state index is 0.458. The first-order chi connectivity index (χ1) is 7.83. The monoisotopic (exact) mass is 211 g/mol. The summed E-state index contributed by atoms with van der Waals surface area (Å²) in [5, 5.41) is 0. The third-order valence-corrected chi connectivity index (χ3v) is 2.63. The predicted octanol–water partition coefficient (Wildman–Crippen LogP) is 2.80. The molecule has 0 radical (unpaired) electrons. The number of aromatic nitrogens is 1. The maximum Gasteiger partial charge on any atom is 0.124 e. The summed E-state index contributed by atoms with van der Waals surface area (Å²) < 4.78 is 0. The van der Waals surface area contributed by atoms with E-state index in [1.807, 2.05) is 24.3 Å². The fraction of sp³-hybridized carbons (Fsp3) is 0.143. The van der Waals surface area contributed by atoms with Gasteiger partial charge in [-0.25, -0.2) is 0 Å². The second-order valence-corrected chi connectivity index (χ2v) is 3.72. The molecule has 1 aromatic heterocycles. The van der Waals surface area contributed by atoms with Crippen LogP contribution in [0, 0.1) is 6.92 Å². The minimum absolute atomic E-state index is 0.458. The maximum absolute atomic E-state index is 10.7. The first-order valence-electron chi connectivity index (χ1n) is 5.25. The summed E-state index contributed by atoms with van der Waals surface area (Å²) in [4.78, 5) is 14.7. The van der Waals surface area contributed by atoms with E-state index < -0.39 is 0 Å². The van der Waals surface area contributed by atoms with Gasteiger partial charge in [0.2, 0.25) is 0 Å². The van der Waals surface area contributed by atoms with E-state index in [4.69, 9.17) is 0 Å². The Morgan fingerprint density at radius 1 is 1.19 bits per heavy atom. The van der Waals surface area contributed by atoms with Gasteiger partial charge in [-0.2, -0.15) is 0 Å². The number of benzene rings is 1. The lowest BCUT2D eigenvalue weighted by molar-refractivity contribution is -0.107. The van der Waals surface area contributed by atoms with Crippen molar-refractivity contribution >= 4 is 6.29 Å². The molecule has 0 aliphatic heterocycles. The van der Waals surface area contributed by atoms with Crippen LogP contribution in [0.5, 0.6) is 0 Å². The molecule has 0 fully saturated rings. The number of carbonyl (C=O) groups is 1. The molecular weight excluding hydrogens is 198 g/mol. The van der Waals surface area contributed by atoms with E-state index in [2.05, 4.69) is 18.0 Å². The van der Waals surface area contributed by atoms with E-state index >= 15 is 0 Å². The fourth-order valence-electron chi connectivity index (χ4n) is 1.92. The van der Waals surface area contributed by atoms with Gasteiger partial charge in [0.05, 0.1) is 0 Å². The Morgan fingerprint density at radius 2 is 1.94 bits per heavy atom. The van der Waals surface area contributed by atoms with Crippen molar-refractivity contribution in [3.05, 3.63) is 53.9 Å². The molecule has 0 aliphatic carbocycles. The number of rotatable bonds is 3. The van der Waals surface area contributed by atoms with E-state index in [0.717, 1.165) is 23.0 Å². The van der Waals surface area contributed by atoms with Crippen LogP contribution in [0.3, 0.4) is 0 Å². The van der Waals surface area contributed by atoms with Crippen molar-refractivity contribution in [1.29, 1.82) is 0 Å². The number of pyridine rings is 1. The van der Waals surface area contributed by atoms with Crippen LogP contribution in [0.2, 0.25) is 0 Å². The molecule has 0 amide bonds. The number of carbonyl (C=O) groups excluding carboxylic acids is 1. The lowest BCUT2D eigenvalue weighted by atomic mass is 9.94. The van der Waals surface area contributed by atoms with Crippen molar-refractivity contribution in [3.63, 3.8) is 0 Å². The molecule has 0 saturated heterocycles. The first kappa shape index (κ1) is 10.6. The zero-order valence-corrected chi connectivity index (χ0v) is 9.18. The van der Waals surface area contributed by atoms with Crippen LogP contribution in [0.25, 0.3) is 11.1 Å². The lowest BCUT2D eigenvalue weighted by Crippen LogP contribution is -1.94. The first-order valence-corrected chi connectivity index (χ1v) is 5.25. The second-order valence-electron chi connectivity index (χ2n) is 3.72. The lowest BCUT2D eigenvalue weighted by Gasteiger charge is -2.10. The Balaban J connectivity index is 2.58. The normalized spacial score (nSPS) is 10.1. The highest BCUT2D eigenvalue weighted by atomic mass is 16.1. The van der Waals surface area contributed by atoms with Gasteiger partial charge in [0, 0.05) is 18.8 Å². The van der Waals surface area contributed by atoms with Crippen molar-refractivity contribution in [2.75, 3.05) is 0 Å². The summed E-state index contributed by atoms with van der Waals surface area (Å²) in [6.07, 6.45) is 4.94. The minimum Gasteiger partial charge on any atom is -0.303 e. The van der Waals surface area contributed by atoms with E-state index in [-0.39, 0.29) is 0 Å². The summed E-state index contributed by atoms with van der Waals surface area (Å²) >= 11 is 0. The fourth-order valence-corrected chi connectivity index (χ4v) is 1.92. The number of nitrogens with zero attached hydrogens (tertiary/aromatic N) is 1. The predicted molar refractivity (Wildman–Crippen MR) is 64.2 cm³/mol. The Bertz CT molecular complexity index is 491. The highest BCUT2D eigenvalue weighted by molar-refractivity contribution is 5.73. The molecule has 0 unspecified atom stereocenters. The number of aldehydes is 1. The van der Waals surface area contributed by atoms with Crippen LogP contribution in [0.15, 0.2) is 42.7 Å². The summed E-state index contributed by atoms with van der Waals surface area (Å²) in [6, 6.07) is 9.98. The molecule has 2 nitrogen and oxygen atoms in total. The average molecular weight is 211 g/mol. The summed E-state index contributed by atoms with van der Waals surface area (Å²) in [5.41, 5.74) is 4.52. The highest BCUT2D eigenvalue weighted by Crippen LogP contribution is 2.26. The smallest absolute Gasteiger partial charge is 0.124 e. The van der Waals surface area contributed by atoms with Gasteiger partial charge >= 0.3 is 0 Å². The third kappa shape index (κ3) is 2.01. The van der Waals surface area contributed by atoms with Gasteiger partial charge in [-0.15, -0.1) is 0 Å². The van der Waals surface area contributed by atoms with Crippen LogP contribution >= 0.6 is 0 Å². The van der Waals surface area contributed by atoms with Gasteiger partial charge in [0.15, 0.2) is 0 Å². The maximum atomic E-state index is 10.7. The molecule has 2 aromatic rings. The Morgan fingerprint density at radius 3 is 2.62 bits per heavy atom. The van der Waals surface area contributed by atoms with Crippen LogP contribution in [-0.4, -0.2) is 11.3 Å². The van der Waals surface area contributed by atoms with E-state index in [1.165, 1.54) is 5.56 Å². The second kappa shape index (κ2) is 4.71. The van der Waals surface area contributed by atoms with Crippen LogP contribution in [0.1, 0.15) is 11.1 Å². The SMILES string of the molecule is Cc1cccc(CC=O)c1-c1ccncc1.